The molecule has 0 bridgehead atoms. The van der Waals surface area contributed by atoms with Crippen molar-refractivity contribution in [2.45, 2.75) is 18.4 Å². The summed E-state index contributed by atoms with van der Waals surface area (Å²) in [6.45, 7) is 2.00. The van der Waals surface area contributed by atoms with Crippen LogP contribution in [0.1, 0.15) is 11.1 Å². The molecule has 0 aliphatic rings. The van der Waals surface area contributed by atoms with Crippen molar-refractivity contribution in [3.05, 3.63) is 81.1 Å². The minimum absolute atomic E-state index is 0.00521. The van der Waals surface area contributed by atoms with Crippen LogP contribution >= 0.6 is 11.6 Å². The van der Waals surface area contributed by atoms with Gasteiger partial charge in [-0.2, -0.15) is 0 Å². The van der Waals surface area contributed by atoms with Gasteiger partial charge in [-0.15, -0.1) is 4.83 Å². The van der Waals surface area contributed by atoms with Crippen LogP contribution < -0.4 is 15.6 Å². The van der Waals surface area contributed by atoms with Gasteiger partial charge in [0.05, 0.1) is 9.82 Å². The summed E-state index contributed by atoms with van der Waals surface area (Å²) in [6, 6.07) is 13.1. The highest BCUT2D eigenvalue weighted by molar-refractivity contribution is 7.89. The highest BCUT2D eigenvalue weighted by Gasteiger charge is 2.24. The average molecular weight is 449 g/mol. The van der Waals surface area contributed by atoms with Gasteiger partial charge >= 0.3 is 5.69 Å². The molecule has 156 valence electrons. The van der Waals surface area contributed by atoms with Crippen LogP contribution in [0.5, 0.6) is 0 Å². The Balaban J connectivity index is 1.81. The fourth-order valence-corrected chi connectivity index (χ4v) is 3.53. The van der Waals surface area contributed by atoms with E-state index >= 15 is 0 Å². The number of hydrogen-bond acceptors (Lipinski definition) is 8. The summed E-state index contributed by atoms with van der Waals surface area (Å²) in [4.78, 5) is 20.7. The van der Waals surface area contributed by atoms with E-state index in [-0.39, 0.29) is 23.1 Å². The molecule has 0 amide bonds. The minimum Gasteiger partial charge on any atom is -0.360 e. The Labute approximate surface area is 177 Å². The Hall–Kier alpha value is -3.28. The second kappa shape index (κ2) is 9.03. The zero-order valence-corrected chi connectivity index (χ0v) is 17.2. The van der Waals surface area contributed by atoms with Gasteiger partial charge in [-0.1, -0.05) is 47.5 Å². The van der Waals surface area contributed by atoms with Crippen molar-refractivity contribution in [3.63, 3.8) is 0 Å². The molecule has 1 heterocycles. The average Bonchev–Trinajstić information content (AvgIpc) is 2.72. The van der Waals surface area contributed by atoms with E-state index in [4.69, 9.17) is 11.6 Å². The van der Waals surface area contributed by atoms with E-state index in [1.165, 1.54) is 12.1 Å². The largest absolute Gasteiger partial charge is 0.360 e. The van der Waals surface area contributed by atoms with Crippen molar-refractivity contribution in [1.82, 2.24) is 14.8 Å². The lowest BCUT2D eigenvalue weighted by molar-refractivity contribution is -0.383. The highest BCUT2D eigenvalue weighted by atomic mass is 35.5. The fraction of sp³-hybridized carbons (Fsp3) is 0.111. The quantitative estimate of drug-likeness (QED) is 0.352. The normalized spacial score (nSPS) is 11.1. The van der Waals surface area contributed by atoms with Gasteiger partial charge in [-0.3, -0.25) is 15.5 Å². The molecule has 0 aliphatic carbocycles. The van der Waals surface area contributed by atoms with E-state index in [1.807, 2.05) is 6.92 Å². The second-order valence-corrected chi connectivity index (χ2v) is 8.25. The van der Waals surface area contributed by atoms with Gasteiger partial charge in [0.1, 0.15) is 6.33 Å². The van der Waals surface area contributed by atoms with Crippen LogP contribution in [0.2, 0.25) is 5.02 Å². The van der Waals surface area contributed by atoms with Crippen LogP contribution in [0.15, 0.2) is 59.8 Å². The summed E-state index contributed by atoms with van der Waals surface area (Å²) in [5.41, 5.74) is 3.38. The summed E-state index contributed by atoms with van der Waals surface area (Å²) in [5.74, 6) is -0.403. The van der Waals surface area contributed by atoms with Crippen molar-refractivity contribution < 1.29 is 13.3 Å². The molecule has 0 aliphatic heterocycles. The van der Waals surface area contributed by atoms with Gasteiger partial charge in [-0.05, 0) is 30.7 Å². The Morgan fingerprint density at radius 3 is 2.40 bits per heavy atom. The first-order chi connectivity index (χ1) is 14.3. The van der Waals surface area contributed by atoms with Crippen molar-refractivity contribution in [2.75, 3.05) is 10.7 Å². The zero-order valence-electron chi connectivity index (χ0n) is 15.7. The molecule has 12 heteroatoms. The molecular weight excluding hydrogens is 432 g/mol. The summed E-state index contributed by atoms with van der Waals surface area (Å²) < 4.78 is 24.8. The third kappa shape index (κ3) is 5.00. The van der Waals surface area contributed by atoms with Crippen LogP contribution in [0.25, 0.3) is 0 Å². The van der Waals surface area contributed by atoms with E-state index in [9.17, 15) is 18.5 Å². The molecule has 30 heavy (non-hydrogen) atoms. The lowest BCUT2D eigenvalue weighted by Crippen LogP contribution is -2.30. The summed E-state index contributed by atoms with van der Waals surface area (Å²) in [5, 5.41) is 14.9. The predicted molar refractivity (Wildman–Crippen MR) is 113 cm³/mol. The number of benzene rings is 2. The molecule has 1 aromatic heterocycles. The summed E-state index contributed by atoms with van der Waals surface area (Å²) in [6.07, 6.45) is 1.07. The maximum Gasteiger partial charge on any atom is 0.354 e. The highest BCUT2D eigenvalue weighted by Crippen LogP contribution is 2.29. The van der Waals surface area contributed by atoms with Crippen molar-refractivity contribution >= 4 is 38.9 Å². The van der Waals surface area contributed by atoms with Crippen LogP contribution in [-0.2, 0) is 16.6 Å². The number of aryl methyl sites for hydroxylation is 1. The molecule has 10 nitrogen and oxygen atoms in total. The number of hydrazine groups is 1. The molecule has 0 saturated carbocycles. The number of aromatic nitrogens is 2. The number of rotatable bonds is 8. The summed E-state index contributed by atoms with van der Waals surface area (Å²) >= 11 is 6.10. The minimum atomic E-state index is -3.97. The Kier molecular flexibility index (Phi) is 6.45. The first kappa shape index (κ1) is 21.4. The Morgan fingerprint density at radius 2 is 1.73 bits per heavy atom. The second-order valence-electron chi connectivity index (χ2n) is 6.17. The van der Waals surface area contributed by atoms with Gasteiger partial charge < -0.3 is 5.32 Å². The maximum absolute atomic E-state index is 12.4. The van der Waals surface area contributed by atoms with Gasteiger partial charge in [0.2, 0.25) is 11.6 Å². The first-order valence-electron chi connectivity index (χ1n) is 8.59. The molecule has 0 spiro atoms. The number of nitrogens with one attached hydrogen (secondary N) is 3. The molecule has 0 radical (unpaired) electrons. The molecule has 0 fully saturated rings. The van der Waals surface area contributed by atoms with E-state index in [0.29, 0.717) is 10.6 Å². The number of sulfonamides is 1. The molecule has 0 saturated heterocycles. The SMILES string of the molecule is Cc1ccc(S(=O)(=O)NNc2ncnc(NCc3ccccc3Cl)c2[N+](=O)[O-])cc1. The van der Waals surface area contributed by atoms with Crippen LogP contribution in [0.4, 0.5) is 17.3 Å². The van der Waals surface area contributed by atoms with E-state index in [2.05, 4.69) is 25.5 Å². The van der Waals surface area contributed by atoms with Gasteiger partial charge in [0.25, 0.3) is 10.0 Å². The van der Waals surface area contributed by atoms with Gasteiger partial charge in [0.15, 0.2) is 0 Å². The van der Waals surface area contributed by atoms with E-state index in [0.717, 1.165) is 11.9 Å². The number of nitro groups is 1. The summed E-state index contributed by atoms with van der Waals surface area (Å²) in [7, 11) is -3.97. The van der Waals surface area contributed by atoms with Crippen LogP contribution in [0.3, 0.4) is 0 Å². The van der Waals surface area contributed by atoms with Gasteiger partial charge in [-0.25, -0.2) is 18.4 Å². The van der Waals surface area contributed by atoms with E-state index in [1.54, 1.807) is 36.4 Å². The van der Waals surface area contributed by atoms with Crippen LogP contribution in [-0.4, -0.2) is 23.3 Å². The van der Waals surface area contributed by atoms with Crippen molar-refractivity contribution in [1.29, 1.82) is 0 Å². The molecule has 2 aromatic carbocycles. The lowest BCUT2D eigenvalue weighted by Gasteiger charge is -2.12. The lowest BCUT2D eigenvalue weighted by atomic mass is 10.2. The molecular formula is C18H17ClN6O4S. The first-order valence-corrected chi connectivity index (χ1v) is 10.4. The standard InChI is InChI=1S/C18H17ClN6O4S/c1-12-6-8-14(9-7-12)30(28,29)24-23-18-16(25(26)27)17(21-11-22-18)20-10-13-4-2-3-5-15(13)19/h2-9,11,24H,10H2,1H3,(H2,20,21,22,23). The number of nitrogens with zero attached hydrogens (tertiary/aromatic N) is 3. The maximum atomic E-state index is 12.4. The Bertz CT molecular complexity index is 1170. The fourth-order valence-electron chi connectivity index (χ4n) is 2.49. The third-order valence-electron chi connectivity index (χ3n) is 4.04. The number of anilines is 2. The van der Waals surface area contributed by atoms with E-state index < -0.39 is 20.6 Å². The monoisotopic (exact) mass is 448 g/mol. The molecule has 3 rings (SSSR count). The molecule has 0 atom stereocenters. The van der Waals surface area contributed by atoms with Crippen LogP contribution in [0, 0.1) is 17.0 Å². The molecule has 0 unspecified atom stereocenters. The van der Waals surface area contributed by atoms with Gasteiger partial charge in [0, 0.05) is 11.6 Å². The molecule has 3 N–H and O–H groups in total. The number of hydrogen-bond donors (Lipinski definition) is 3. The topological polar surface area (TPSA) is 139 Å². The third-order valence-corrected chi connectivity index (χ3v) is 5.68. The van der Waals surface area contributed by atoms with Crippen molar-refractivity contribution in [2.24, 2.45) is 0 Å². The zero-order chi connectivity index (χ0) is 21.7. The Morgan fingerprint density at radius 1 is 1.07 bits per heavy atom. The van der Waals surface area contributed by atoms with Crippen molar-refractivity contribution in [3.8, 4) is 0 Å². The predicted octanol–water partition coefficient (Wildman–Crippen LogP) is 3.26. The molecule has 3 aromatic rings. The smallest absolute Gasteiger partial charge is 0.354 e. The number of halogens is 1.